The maximum absolute atomic E-state index is 12.7. The zero-order valence-electron chi connectivity index (χ0n) is 13.7. The molecule has 2 aliphatic rings. The van der Waals surface area contributed by atoms with E-state index in [1.165, 1.54) is 5.56 Å². The molecule has 5 atom stereocenters. The molecule has 0 saturated carbocycles. The van der Waals surface area contributed by atoms with E-state index in [9.17, 15) is 14.7 Å². The van der Waals surface area contributed by atoms with Gasteiger partial charge in [0.2, 0.25) is 5.91 Å². The van der Waals surface area contributed by atoms with Crippen LogP contribution in [0.25, 0.3) is 0 Å². The van der Waals surface area contributed by atoms with Gasteiger partial charge in [-0.05, 0) is 44.7 Å². The van der Waals surface area contributed by atoms with Crippen LogP contribution < -0.4 is 5.32 Å². The Kier molecular flexibility index (Phi) is 4.15. The van der Waals surface area contributed by atoms with Crippen molar-refractivity contribution in [3.8, 4) is 0 Å². The molecule has 0 radical (unpaired) electrons. The van der Waals surface area contributed by atoms with Crippen molar-refractivity contribution in [1.29, 1.82) is 0 Å². The number of hydrogen-bond acceptors (Lipinski definition) is 3. The Labute approximate surface area is 136 Å². The first-order chi connectivity index (χ1) is 10.9. The van der Waals surface area contributed by atoms with Crippen LogP contribution in [0.1, 0.15) is 42.5 Å². The molecule has 2 fully saturated rings. The fourth-order valence-electron chi connectivity index (χ4n) is 4.02. The van der Waals surface area contributed by atoms with Gasteiger partial charge in [-0.2, -0.15) is 0 Å². The van der Waals surface area contributed by atoms with Crippen molar-refractivity contribution in [3.63, 3.8) is 0 Å². The molecule has 5 heteroatoms. The van der Waals surface area contributed by atoms with E-state index in [0.29, 0.717) is 0 Å². The van der Waals surface area contributed by atoms with Gasteiger partial charge in [0.1, 0.15) is 0 Å². The molecule has 124 valence electrons. The third-order valence-corrected chi connectivity index (χ3v) is 5.11. The first-order valence-corrected chi connectivity index (χ1v) is 8.14. The van der Waals surface area contributed by atoms with E-state index in [0.717, 1.165) is 24.0 Å². The van der Waals surface area contributed by atoms with Crippen LogP contribution in [-0.4, -0.2) is 29.2 Å². The van der Waals surface area contributed by atoms with Crippen molar-refractivity contribution >= 4 is 11.9 Å². The summed E-state index contributed by atoms with van der Waals surface area (Å²) >= 11 is 0. The zero-order valence-corrected chi connectivity index (χ0v) is 13.7. The molecule has 0 aromatic heterocycles. The highest BCUT2D eigenvalue weighted by Crippen LogP contribution is 2.43. The van der Waals surface area contributed by atoms with Crippen molar-refractivity contribution in [1.82, 2.24) is 5.32 Å². The van der Waals surface area contributed by atoms with Crippen LogP contribution >= 0.6 is 0 Å². The fraction of sp³-hybridized carbons (Fsp3) is 0.556. The number of carboxylic acid groups (broad SMARTS) is 1. The van der Waals surface area contributed by atoms with E-state index in [-0.39, 0.29) is 24.2 Å². The monoisotopic (exact) mass is 317 g/mol. The van der Waals surface area contributed by atoms with Crippen LogP contribution in [0.4, 0.5) is 0 Å². The topological polar surface area (TPSA) is 75.6 Å². The molecule has 1 amide bonds. The van der Waals surface area contributed by atoms with Gasteiger partial charge in [0, 0.05) is 0 Å². The highest BCUT2D eigenvalue weighted by Gasteiger charge is 2.55. The molecule has 0 unspecified atom stereocenters. The fourth-order valence-corrected chi connectivity index (χ4v) is 4.02. The van der Waals surface area contributed by atoms with E-state index < -0.39 is 17.8 Å². The molecule has 2 aliphatic heterocycles. The maximum atomic E-state index is 12.7. The van der Waals surface area contributed by atoms with Gasteiger partial charge >= 0.3 is 5.97 Å². The molecular weight excluding hydrogens is 294 g/mol. The van der Waals surface area contributed by atoms with E-state index in [2.05, 4.69) is 11.4 Å². The molecule has 1 aromatic rings. The van der Waals surface area contributed by atoms with Gasteiger partial charge in [-0.15, -0.1) is 0 Å². The second-order valence-electron chi connectivity index (χ2n) is 6.77. The summed E-state index contributed by atoms with van der Waals surface area (Å²) < 4.78 is 5.67. The van der Waals surface area contributed by atoms with Crippen LogP contribution in [0.2, 0.25) is 0 Å². The largest absolute Gasteiger partial charge is 0.481 e. The lowest BCUT2D eigenvalue weighted by atomic mass is 9.78. The minimum absolute atomic E-state index is 0.156. The lowest BCUT2D eigenvalue weighted by molar-refractivity contribution is -0.148. The van der Waals surface area contributed by atoms with E-state index in [1.807, 2.05) is 32.9 Å². The number of ether oxygens (including phenoxy) is 1. The van der Waals surface area contributed by atoms with Crippen LogP contribution in [-0.2, 0) is 14.3 Å². The number of fused-ring (bicyclic) bond motifs is 2. The number of benzene rings is 1. The normalized spacial score (nSPS) is 30.2. The molecule has 2 heterocycles. The number of aliphatic carboxylic acids is 1. The number of rotatable bonds is 4. The number of hydrogen-bond donors (Lipinski definition) is 2. The Hall–Kier alpha value is -1.88. The predicted molar refractivity (Wildman–Crippen MR) is 85.0 cm³/mol. The summed E-state index contributed by atoms with van der Waals surface area (Å²) in [6, 6.07) is 5.96. The third kappa shape index (κ3) is 2.85. The first-order valence-electron chi connectivity index (χ1n) is 8.14. The second-order valence-corrected chi connectivity index (χ2v) is 6.77. The van der Waals surface area contributed by atoms with Crippen molar-refractivity contribution in [2.45, 2.75) is 51.9 Å². The van der Waals surface area contributed by atoms with Crippen LogP contribution in [0.3, 0.4) is 0 Å². The number of carbonyl (C=O) groups excluding carboxylic acids is 1. The molecule has 23 heavy (non-hydrogen) atoms. The highest BCUT2D eigenvalue weighted by molar-refractivity contribution is 5.86. The van der Waals surface area contributed by atoms with Gasteiger partial charge < -0.3 is 15.2 Å². The van der Waals surface area contributed by atoms with E-state index >= 15 is 0 Å². The number of aryl methyl sites for hydroxylation is 2. The lowest BCUT2D eigenvalue weighted by Crippen LogP contribution is -2.44. The van der Waals surface area contributed by atoms with Crippen molar-refractivity contribution in [2.75, 3.05) is 0 Å². The van der Waals surface area contributed by atoms with Gasteiger partial charge in [0.05, 0.1) is 30.1 Å². The van der Waals surface area contributed by atoms with Crippen LogP contribution in [0.15, 0.2) is 18.2 Å². The van der Waals surface area contributed by atoms with Crippen LogP contribution in [0, 0.1) is 25.7 Å². The average Bonchev–Trinajstić information content (AvgIpc) is 3.07. The number of carbonyl (C=O) groups is 2. The Balaban J connectivity index is 1.74. The molecule has 2 bridgehead atoms. The minimum atomic E-state index is -0.934. The summed E-state index contributed by atoms with van der Waals surface area (Å²) in [6.07, 6.45) is 0.930. The average molecular weight is 317 g/mol. The Morgan fingerprint density at radius 3 is 2.48 bits per heavy atom. The summed E-state index contributed by atoms with van der Waals surface area (Å²) in [5.41, 5.74) is 3.36. The van der Waals surface area contributed by atoms with E-state index in [4.69, 9.17) is 4.74 Å². The molecule has 2 N–H and O–H groups in total. The Bertz CT molecular complexity index is 642. The van der Waals surface area contributed by atoms with Gasteiger partial charge in [0.25, 0.3) is 0 Å². The minimum Gasteiger partial charge on any atom is -0.481 e. The molecule has 5 nitrogen and oxygen atoms in total. The number of nitrogens with one attached hydrogen (secondary N) is 1. The lowest BCUT2D eigenvalue weighted by Gasteiger charge is -2.26. The number of carboxylic acids is 1. The first kappa shape index (κ1) is 16.0. The highest BCUT2D eigenvalue weighted by atomic mass is 16.5. The molecular formula is C18H23NO4. The molecule has 3 rings (SSSR count). The van der Waals surface area contributed by atoms with Crippen molar-refractivity contribution < 1.29 is 19.4 Å². The second kappa shape index (κ2) is 5.96. The quantitative estimate of drug-likeness (QED) is 0.894. The Morgan fingerprint density at radius 2 is 1.87 bits per heavy atom. The molecule has 0 spiro atoms. The number of amides is 1. The summed E-state index contributed by atoms with van der Waals surface area (Å²) in [6.45, 7) is 5.98. The Morgan fingerprint density at radius 1 is 1.22 bits per heavy atom. The molecule has 0 aliphatic carbocycles. The van der Waals surface area contributed by atoms with Gasteiger partial charge in [-0.1, -0.05) is 23.8 Å². The summed E-state index contributed by atoms with van der Waals surface area (Å²) in [4.78, 5) is 24.2. The summed E-state index contributed by atoms with van der Waals surface area (Å²) in [5.74, 6) is -2.45. The summed E-state index contributed by atoms with van der Waals surface area (Å²) in [5, 5.41) is 12.4. The predicted octanol–water partition coefficient (Wildman–Crippen LogP) is 2.36. The standard InChI is InChI=1S/C18H23NO4/c1-9-4-5-12(10(2)8-9)11(3)19-17(20)15-13-6-7-14(23-13)16(15)18(21)22/h4-5,8,11,13-16H,6-7H2,1-3H3,(H,19,20)(H,21,22)/t11-,13+,14+,15-,16+/m0/s1. The van der Waals surface area contributed by atoms with Gasteiger partial charge in [0.15, 0.2) is 0 Å². The van der Waals surface area contributed by atoms with Crippen LogP contribution in [0.5, 0.6) is 0 Å². The SMILES string of the molecule is Cc1ccc([C@H](C)NC(=O)[C@@H]2[C@H](C(=O)O)[C@H]3CC[C@H]2O3)c(C)c1. The van der Waals surface area contributed by atoms with Crippen molar-refractivity contribution in [2.24, 2.45) is 11.8 Å². The summed E-state index contributed by atoms with van der Waals surface area (Å²) in [7, 11) is 0. The van der Waals surface area contributed by atoms with Crippen molar-refractivity contribution in [3.05, 3.63) is 34.9 Å². The van der Waals surface area contributed by atoms with Gasteiger partial charge in [-0.25, -0.2) is 0 Å². The third-order valence-electron chi connectivity index (χ3n) is 5.11. The maximum Gasteiger partial charge on any atom is 0.310 e. The molecule has 1 aromatic carbocycles. The van der Waals surface area contributed by atoms with Gasteiger partial charge in [-0.3, -0.25) is 9.59 Å². The molecule has 2 saturated heterocycles. The zero-order chi connectivity index (χ0) is 16.7. The van der Waals surface area contributed by atoms with E-state index in [1.54, 1.807) is 0 Å². The smallest absolute Gasteiger partial charge is 0.310 e.